The molecule has 1 aliphatic heterocycles. The largest absolute Gasteiger partial charge is 0.366 e. The lowest BCUT2D eigenvalue weighted by Gasteiger charge is -2.33. The first-order valence-electron chi connectivity index (χ1n) is 10.5. The van der Waals surface area contributed by atoms with Crippen LogP contribution >= 0.6 is 0 Å². The minimum absolute atomic E-state index is 0.602. The maximum absolute atomic E-state index is 9.67. The molecule has 8 nitrogen and oxygen atoms in total. The summed E-state index contributed by atoms with van der Waals surface area (Å²) in [7, 11) is 0. The number of nitrogens with zero attached hydrogens (tertiary/aromatic N) is 7. The van der Waals surface area contributed by atoms with Gasteiger partial charge in [-0.2, -0.15) is 15.6 Å². The molecule has 3 heterocycles. The van der Waals surface area contributed by atoms with E-state index in [9.17, 15) is 5.26 Å². The lowest BCUT2D eigenvalue weighted by Crippen LogP contribution is -2.33. The van der Waals surface area contributed by atoms with E-state index >= 15 is 0 Å². The molecule has 0 unspecified atom stereocenters. The summed E-state index contributed by atoms with van der Waals surface area (Å²) in [6.07, 6.45) is 4.10. The van der Waals surface area contributed by atoms with E-state index < -0.39 is 0 Å². The predicted octanol–water partition coefficient (Wildman–Crippen LogP) is 3.68. The SMILES string of the molecule is Cc1ccc(N2CCc3ncnc(N(Cc4ccccc4)c4cn[nH]n4)c3C2)c(C#N)c1. The van der Waals surface area contributed by atoms with Crippen molar-refractivity contribution >= 4 is 17.3 Å². The van der Waals surface area contributed by atoms with Crippen LogP contribution in [0, 0.1) is 18.3 Å². The summed E-state index contributed by atoms with van der Waals surface area (Å²) in [4.78, 5) is 13.5. The van der Waals surface area contributed by atoms with E-state index in [1.807, 2.05) is 43.3 Å². The molecule has 0 bridgehead atoms. The molecular formula is C24H22N8. The number of hydrogen-bond acceptors (Lipinski definition) is 7. The zero-order valence-electron chi connectivity index (χ0n) is 17.7. The molecule has 0 radical (unpaired) electrons. The van der Waals surface area contributed by atoms with Crippen molar-refractivity contribution in [2.45, 2.75) is 26.4 Å². The maximum Gasteiger partial charge on any atom is 0.176 e. The number of nitrogens with one attached hydrogen (secondary N) is 1. The first-order valence-corrected chi connectivity index (χ1v) is 10.5. The molecule has 4 aromatic rings. The number of anilines is 3. The summed E-state index contributed by atoms with van der Waals surface area (Å²) in [5.74, 6) is 1.50. The topological polar surface area (TPSA) is 97.6 Å². The fourth-order valence-electron chi connectivity index (χ4n) is 4.14. The standard InChI is InChI=1S/C24H22N8/c1-17-7-8-22(19(11-17)12-25)31-10-9-21-20(15-31)24(27-16-26-21)32(23-13-28-30-29-23)14-18-5-3-2-4-6-18/h2-8,11,13,16H,9-10,14-15H2,1H3,(H,28,29,30). The molecule has 0 fully saturated rings. The molecule has 0 atom stereocenters. The molecular weight excluding hydrogens is 400 g/mol. The number of aryl methyl sites for hydroxylation is 1. The number of benzene rings is 2. The van der Waals surface area contributed by atoms with Crippen molar-refractivity contribution in [1.29, 1.82) is 5.26 Å². The molecule has 0 saturated heterocycles. The van der Waals surface area contributed by atoms with E-state index in [1.54, 1.807) is 12.5 Å². The number of hydrogen-bond donors (Lipinski definition) is 1. The van der Waals surface area contributed by atoms with Gasteiger partial charge in [-0.05, 0) is 30.2 Å². The van der Waals surface area contributed by atoms with Crippen LogP contribution in [0.4, 0.5) is 17.3 Å². The maximum atomic E-state index is 9.67. The fourth-order valence-corrected chi connectivity index (χ4v) is 4.14. The lowest BCUT2D eigenvalue weighted by molar-refractivity contribution is 0.699. The highest BCUT2D eigenvalue weighted by atomic mass is 15.4. The van der Waals surface area contributed by atoms with Crippen LogP contribution in [0.1, 0.15) is 27.9 Å². The van der Waals surface area contributed by atoms with Gasteiger partial charge in [0.1, 0.15) is 18.2 Å². The Morgan fingerprint density at radius 2 is 2.03 bits per heavy atom. The molecule has 2 aromatic heterocycles. The fraction of sp³-hybridized carbons (Fsp3) is 0.208. The normalized spacial score (nSPS) is 12.8. The summed E-state index contributed by atoms with van der Waals surface area (Å²) in [5.41, 5.74) is 5.91. The van der Waals surface area contributed by atoms with Crippen LogP contribution in [-0.2, 0) is 19.5 Å². The monoisotopic (exact) mass is 422 g/mol. The van der Waals surface area contributed by atoms with Crippen LogP contribution in [0.15, 0.2) is 61.1 Å². The van der Waals surface area contributed by atoms with Crippen LogP contribution in [0.5, 0.6) is 0 Å². The van der Waals surface area contributed by atoms with Gasteiger partial charge in [-0.1, -0.05) is 36.4 Å². The Hall–Kier alpha value is -4.25. The summed E-state index contributed by atoms with van der Waals surface area (Å²) < 4.78 is 0. The van der Waals surface area contributed by atoms with E-state index in [1.165, 1.54) is 0 Å². The highest BCUT2D eigenvalue weighted by Crippen LogP contribution is 2.33. The number of aromatic amines is 1. The van der Waals surface area contributed by atoms with Gasteiger partial charge >= 0.3 is 0 Å². The van der Waals surface area contributed by atoms with Crippen molar-refractivity contribution < 1.29 is 0 Å². The number of H-pyrrole nitrogens is 1. The summed E-state index contributed by atoms with van der Waals surface area (Å²) in [6.45, 7) is 4.02. The minimum atomic E-state index is 0.602. The number of rotatable bonds is 5. The van der Waals surface area contributed by atoms with E-state index in [2.05, 4.69) is 53.4 Å². The van der Waals surface area contributed by atoms with Gasteiger partial charge in [0, 0.05) is 25.1 Å². The highest BCUT2D eigenvalue weighted by molar-refractivity contribution is 5.65. The molecule has 8 heteroatoms. The van der Waals surface area contributed by atoms with Crippen molar-refractivity contribution in [1.82, 2.24) is 25.4 Å². The second kappa shape index (κ2) is 8.47. The molecule has 32 heavy (non-hydrogen) atoms. The van der Waals surface area contributed by atoms with Crippen LogP contribution in [0.25, 0.3) is 0 Å². The molecule has 0 saturated carbocycles. The van der Waals surface area contributed by atoms with Gasteiger partial charge in [0.05, 0.1) is 29.7 Å². The van der Waals surface area contributed by atoms with Crippen molar-refractivity contribution in [2.75, 3.05) is 16.3 Å². The lowest BCUT2D eigenvalue weighted by atomic mass is 10.0. The molecule has 0 spiro atoms. The van der Waals surface area contributed by atoms with E-state index in [0.29, 0.717) is 24.5 Å². The third kappa shape index (κ3) is 3.76. The zero-order valence-corrected chi connectivity index (χ0v) is 17.7. The Bertz CT molecular complexity index is 1260. The third-order valence-corrected chi connectivity index (χ3v) is 5.71. The van der Waals surface area contributed by atoms with Crippen molar-refractivity contribution in [2.24, 2.45) is 0 Å². The molecule has 1 aliphatic rings. The van der Waals surface area contributed by atoms with Gasteiger partial charge in [0.2, 0.25) is 0 Å². The summed E-state index contributed by atoms with van der Waals surface area (Å²) in [6, 6.07) is 18.6. The van der Waals surface area contributed by atoms with Crippen molar-refractivity contribution in [3.8, 4) is 6.07 Å². The van der Waals surface area contributed by atoms with Crippen molar-refractivity contribution in [3.05, 3.63) is 89.0 Å². The Balaban J connectivity index is 1.55. The smallest absolute Gasteiger partial charge is 0.176 e. The second-order valence-corrected chi connectivity index (χ2v) is 7.83. The Morgan fingerprint density at radius 3 is 2.81 bits per heavy atom. The van der Waals surface area contributed by atoms with E-state index in [0.717, 1.165) is 46.9 Å². The first kappa shape index (κ1) is 19.7. The molecule has 1 N–H and O–H groups in total. The third-order valence-electron chi connectivity index (χ3n) is 5.71. The minimum Gasteiger partial charge on any atom is -0.366 e. The number of aromatic nitrogens is 5. The molecule has 0 amide bonds. The van der Waals surface area contributed by atoms with Crippen LogP contribution in [0.2, 0.25) is 0 Å². The van der Waals surface area contributed by atoms with Crippen LogP contribution in [-0.4, -0.2) is 31.9 Å². The molecule has 158 valence electrons. The summed E-state index contributed by atoms with van der Waals surface area (Å²) in [5, 5.41) is 20.7. The van der Waals surface area contributed by atoms with Crippen LogP contribution in [0.3, 0.4) is 0 Å². The first-order chi connectivity index (χ1) is 15.7. The second-order valence-electron chi connectivity index (χ2n) is 7.83. The van der Waals surface area contributed by atoms with Gasteiger partial charge in [-0.25, -0.2) is 9.97 Å². The molecule has 0 aliphatic carbocycles. The predicted molar refractivity (Wildman–Crippen MR) is 121 cm³/mol. The Morgan fingerprint density at radius 1 is 1.16 bits per heavy atom. The average molecular weight is 422 g/mol. The Kier molecular flexibility index (Phi) is 5.22. The van der Waals surface area contributed by atoms with Gasteiger partial charge < -0.3 is 9.80 Å². The number of nitriles is 1. The molecule has 2 aromatic carbocycles. The van der Waals surface area contributed by atoms with Gasteiger partial charge in [-0.15, -0.1) is 5.10 Å². The van der Waals surface area contributed by atoms with Gasteiger partial charge in [0.15, 0.2) is 5.82 Å². The van der Waals surface area contributed by atoms with E-state index in [-0.39, 0.29) is 0 Å². The molecule has 5 rings (SSSR count). The average Bonchev–Trinajstić information content (AvgIpc) is 3.37. The van der Waals surface area contributed by atoms with Gasteiger partial charge in [-0.3, -0.25) is 0 Å². The zero-order chi connectivity index (χ0) is 21.9. The van der Waals surface area contributed by atoms with E-state index in [4.69, 9.17) is 0 Å². The highest BCUT2D eigenvalue weighted by Gasteiger charge is 2.26. The van der Waals surface area contributed by atoms with Crippen molar-refractivity contribution in [3.63, 3.8) is 0 Å². The number of fused-ring (bicyclic) bond motifs is 1. The quantitative estimate of drug-likeness (QED) is 0.524. The van der Waals surface area contributed by atoms with Gasteiger partial charge in [0.25, 0.3) is 0 Å². The Labute approximate surface area is 186 Å². The van der Waals surface area contributed by atoms with Crippen LogP contribution < -0.4 is 9.80 Å². The summed E-state index contributed by atoms with van der Waals surface area (Å²) >= 11 is 0.